The first kappa shape index (κ1) is 21.9. The van der Waals surface area contributed by atoms with Crippen molar-refractivity contribution in [3.8, 4) is 0 Å². The Kier molecular flexibility index (Phi) is 6.20. The Morgan fingerprint density at radius 2 is 1.62 bits per heavy atom. The van der Waals surface area contributed by atoms with Crippen molar-refractivity contribution in [3.05, 3.63) is 100 Å². The summed E-state index contributed by atoms with van der Waals surface area (Å²) >= 11 is 0. The maximum absolute atomic E-state index is 13.5. The number of benzene rings is 2. The quantitative estimate of drug-likeness (QED) is 0.591. The number of amides is 1. The average molecular weight is 456 g/mol. The lowest BCUT2D eigenvalue weighted by Crippen LogP contribution is -2.51. The normalized spacial score (nSPS) is 15.0. The first-order valence-corrected chi connectivity index (χ1v) is 11.6. The van der Waals surface area contributed by atoms with Gasteiger partial charge in [-0.15, -0.1) is 0 Å². The summed E-state index contributed by atoms with van der Waals surface area (Å²) in [5.41, 5.74) is 0.594. The van der Waals surface area contributed by atoms with Gasteiger partial charge in [0.1, 0.15) is 11.4 Å². The lowest BCUT2D eigenvalue weighted by molar-refractivity contribution is 0.0695. The Morgan fingerprint density at radius 3 is 2.31 bits per heavy atom. The molecule has 0 bridgehead atoms. The highest BCUT2D eigenvalue weighted by atomic mass is 32.2. The molecule has 0 unspecified atom stereocenters. The molecule has 1 fully saturated rings. The van der Waals surface area contributed by atoms with E-state index >= 15 is 0 Å². The van der Waals surface area contributed by atoms with Crippen LogP contribution in [0.5, 0.6) is 0 Å². The lowest BCUT2D eigenvalue weighted by atomic mass is 10.2. The minimum absolute atomic E-state index is 0.0462. The van der Waals surface area contributed by atoms with Crippen LogP contribution in [-0.4, -0.2) is 54.3 Å². The van der Waals surface area contributed by atoms with E-state index in [9.17, 15) is 22.4 Å². The summed E-state index contributed by atoms with van der Waals surface area (Å²) in [6.45, 7) is 0.756. The number of rotatable bonds is 5. The fourth-order valence-corrected chi connectivity index (χ4v) is 5.14. The Hall–Kier alpha value is -3.30. The predicted octanol–water partition coefficient (Wildman–Crippen LogP) is 2.18. The van der Waals surface area contributed by atoms with Crippen LogP contribution in [0, 0.1) is 5.82 Å². The lowest BCUT2D eigenvalue weighted by Gasteiger charge is -2.34. The van der Waals surface area contributed by atoms with Crippen LogP contribution in [0.25, 0.3) is 0 Å². The Balaban J connectivity index is 1.47. The molecule has 166 valence electrons. The van der Waals surface area contributed by atoms with Gasteiger partial charge in [0, 0.05) is 32.4 Å². The van der Waals surface area contributed by atoms with Crippen LogP contribution in [0.4, 0.5) is 4.39 Å². The summed E-state index contributed by atoms with van der Waals surface area (Å²) in [7, 11) is -3.86. The molecule has 1 amide bonds. The van der Waals surface area contributed by atoms with E-state index in [1.54, 1.807) is 12.3 Å². The molecule has 1 saturated heterocycles. The van der Waals surface area contributed by atoms with E-state index in [-0.39, 0.29) is 36.6 Å². The minimum atomic E-state index is -3.86. The second-order valence-corrected chi connectivity index (χ2v) is 9.43. The van der Waals surface area contributed by atoms with Crippen LogP contribution in [0.3, 0.4) is 0 Å². The standard InChI is InChI=1S/C23H22FN3O4S/c24-19-8-4-9-20(16-19)32(30,31)27-14-12-25(13-15-27)22(28)21-10-5-11-26(23(21)29)17-18-6-2-1-3-7-18/h1-11,16H,12-15,17H2. The summed E-state index contributed by atoms with van der Waals surface area (Å²) in [6, 6.07) is 17.4. The number of carbonyl (C=O) groups excluding carboxylic acids is 1. The largest absolute Gasteiger partial charge is 0.336 e. The van der Waals surface area contributed by atoms with Gasteiger partial charge >= 0.3 is 0 Å². The van der Waals surface area contributed by atoms with E-state index in [1.807, 2.05) is 30.3 Å². The summed E-state index contributed by atoms with van der Waals surface area (Å²) < 4.78 is 41.7. The molecule has 32 heavy (non-hydrogen) atoms. The molecule has 1 aromatic heterocycles. The summed E-state index contributed by atoms with van der Waals surface area (Å²) in [6.07, 6.45) is 1.63. The van der Waals surface area contributed by atoms with Gasteiger partial charge in [-0.25, -0.2) is 12.8 Å². The van der Waals surface area contributed by atoms with Crippen molar-refractivity contribution in [1.82, 2.24) is 13.8 Å². The molecule has 0 radical (unpaired) electrons. The zero-order chi connectivity index (χ0) is 22.7. The number of hydrogen-bond acceptors (Lipinski definition) is 4. The third-order valence-electron chi connectivity index (χ3n) is 5.41. The smallest absolute Gasteiger partial charge is 0.263 e. The first-order chi connectivity index (χ1) is 15.4. The molecule has 9 heteroatoms. The highest BCUT2D eigenvalue weighted by Gasteiger charge is 2.31. The molecule has 0 spiro atoms. The van der Waals surface area contributed by atoms with Gasteiger partial charge in [-0.3, -0.25) is 9.59 Å². The second kappa shape index (κ2) is 9.05. The molecule has 0 saturated carbocycles. The van der Waals surface area contributed by atoms with Crippen LogP contribution in [-0.2, 0) is 16.6 Å². The number of carbonyl (C=O) groups is 1. The molecule has 4 rings (SSSR count). The molecule has 2 heterocycles. The second-order valence-electron chi connectivity index (χ2n) is 7.49. The van der Waals surface area contributed by atoms with Gasteiger partial charge in [0.05, 0.1) is 11.4 Å². The topological polar surface area (TPSA) is 79.7 Å². The van der Waals surface area contributed by atoms with E-state index in [4.69, 9.17) is 0 Å². The van der Waals surface area contributed by atoms with Crippen molar-refractivity contribution >= 4 is 15.9 Å². The van der Waals surface area contributed by atoms with Gasteiger partial charge in [-0.2, -0.15) is 4.31 Å². The van der Waals surface area contributed by atoms with Crippen LogP contribution >= 0.6 is 0 Å². The Bertz CT molecular complexity index is 1280. The van der Waals surface area contributed by atoms with Crippen molar-refractivity contribution in [2.45, 2.75) is 11.4 Å². The molecule has 0 atom stereocenters. The molecule has 7 nitrogen and oxygen atoms in total. The maximum atomic E-state index is 13.5. The van der Waals surface area contributed by atoms with E-state index < -0.39 is 27.3 Å². The van der Waals surface area contributed by atoms with Gasteiger partial charge in [-0.1, -0.05) is 36.4 Å². The Labute approximate surface area is 185 Å². The first-order valence-electron chi connectivity index (χ1n) is 10.1. The van der Waals surface area contributed by atoms with Gasteiger partial charge in [0.15, 0.2) is 0 Å². The van der Waals surface area contributed by atoms with Crippen LogP contribution in [0.2, 0.25) is 0 Å². The van der Waals surface area contributed by atoms with Crippen molar-refractivity contribution in [2.24, 2.45) is 0 Å². The zero-order valence-electron chi connectivity index (χ0n) is 17.2. The molecule has 0 N–H and O–H groups in total. The number of pyridine rings is 1. The highest BCUT2D eigenvalue weighted by Crippen LogP contribution is 2.19. The SMILES string of the molecule is O=C(c1cccn(Cc2ccccc2)c1=O)N1CCN(S(=O)(=O)c2cccc(F)c2)CC1. The summed E-state index contributed by atoms with van der Waals surface area (Å²) in [4.78, 5) is 27.2. The number of sulfonamides is 1. The minimum Gasteiger partial charge on any atom is -0.336 e. The Morgan fingerprint density at radius 1 is 0.906 bits per heavy atom. The third-order valence-corrected chi connectivity index (χ3v) is 7.30. The summed E-state index contributed by atoms with van der Waals surface area (Å²) in [5.74, 6) is -1.06. The fourth-order valence-electron chi connectivity index (χ4n) is 3.68. The number of halogens is 1. The predicted molar refractivity (Wildman–Crippen MR) is 117 cm³/mol. The maximum Gasteiger partial charge on any atom is 0.263 e. The van der Waals surface area contributed by atoms with Crippen molar-refractivity contribution < 1.29 is 17.6 Å². The molecular weight excluding hydrogens is 433 g/mol. The van der Waals surface area contributed by atoms with E-state index in [0.29, 0.717) is 6.54 Å². The molecule has 2 aromatic carbocycles. The van der Waals surface area contributed by atoms with Gasteiger partial charge in [0.2, 0.25) is 10.0 Å². The van der Waals surface area contributed by atoms with Crippen LogP contribution < -0.4 is 5.56 Å². The summed E-state index contributed by atoms with van der Waals surface area (Å²) in [5, 5.41) is 0. The monoisotopic (exact) mass is 455 g/mol. The molecule has 1 aliphatic heterocycles. The molecule has 3 aromatic rings. The van der Waals surface area contributed by atoms with E-state index in [1.165, 1.54) is 38.0 Å². The van der Waals surface area contributed by atoms with Gasteiger partial charge in [0.25, 0.3) is 11.5 Å². The van der Waals surface area contributed by atoms with Gasteiger partial charge < -0.3 is 9.47 Å². The van der Waals surface area contributed by atoms with Crippen LogP contribution in [0.1, 0.15) is 15.9 Å². The van der Waals surface area contributed by atoms with Gasteiger partial charge in [-0.05, 0) is 35.9 Å². The fraction of sp³-hybridized carbons (Fsp3) is 0.217. The molecule has 0 aliphatic carbocycles. The number of nitrogens with zero attached hydrogens (tertiary/aromatic N) is 3. The van der Waals surface area contributed by atoms with E-state index in [0.717, 1.165) is 11.6 Å². The van der Waals surface area contributed by atoms with Crippen molar-refractivity contribution in [3.63, 3.8) is 0 Å². The zero-order valence-corrected chi connectivity index (χ0v) is 18.0. The van der Waals surface area contributed by atoms with Crippen LogP contribution in [0.15, 0.2) is 82.6 Å². The number of piperazine rings is 1. The highest BCUT2D eigenvalue weighted by molar-refractivity contribution is 7.89. The number of aromatic nitrogens is 1. The molecular formula is C23H22FN3O4S. The van der Waals surface area contributed by atoms with E-state index in [2.05, 4.69) is 0 Å². The average Bonchev–Trinajstić information content (AvgIpc) is 2.81. The number of hydrogen-bond donors (Lipinski definition) is 0. The van der Waals surface area contributed by atoms with Crippen molar-refractivity contribution in [1.29, 1.82) is 0 Å². The third kappa shape index (κ3) is 4.49. The molecule has 1 aliphatic rings. The van der Waals surface area contributed by atoms with Crippen molar-refractivity contribution in [2.75, 3.05) is 26.2 Å².